The Morgan fingerprint density at radius 3 is 2.69 bits per heavy atom. The predicted molar refractivity (Wildman–Crippen MR) is 66.6 cm³/mol. The number of rotatable bonds is 8. The van der Waals surface area contributed by atoms with Gasteiger partial charge in [0.15, 0.2) is 0 Å². The minimum Gasteiger partial charge on any atom is -0.409 e. The van der Waals surface area contributed by atoms with Crippen LogP contribution in [0.2, 0.25) is 0 Å². The zero-order valence-electron chi connectivity index (χ0n) is 10.5. The van der Waals surface area contributed by atoms with Crippen molar-refractivity contribution in [2.75, 3.05) is 13.1 Å². The molecule has 4 nitrogen and oxygen atoms in total. The van der Waals surface area contributed by atoms with Gasteiger partial charge in [-0.2, -0.15) is 0 Å². The summed E-state index contributed by atoms with van der Waals surface area (Å²) in [6.45, 7) is 6.58. The second-order valence-electron chi connectivity index (χ2n) is 5.48. The van der Waals surface area contributed by atoms with Gasteiger partial charge in [-0.25, -0.2) is 0 Å². The summed E-state index contributed by atoms with van der Waals surface area (Å²) in [6, 6.07) is 0. The van der Waals surface area contributed by atoms with Gasteiger partial charge in [-0.15, -0.1) is 0 Å². The van der Waals surface area contributed by atoms with E-state index in [4.69, 9.17) is 10.9 Å². The van der Waals surface area contributed by atoms with Crippen LogP contribution in [0.25, 0.3) is 0 Å². The smallest absolute Gasteiger partial charge is 0.139 e. The van der Waals surface area contributed by atoms with E-state index in [0.717, 1.165) is 25.4 Å². The van der Waals surface area contributed by atoms with Crippen molar-refractivity contribution in [3.8, 4) is 0 Å². The summed E-state index contributed by atoms with van der Waals surface area (Å²) in [5.74, 6) is 1.15. The lowest BCUT2D eigenvalue weighted by molar-refractivity contribution is 0.314. The third-order valence-electron chi connectivity index (χ3n) is 3.28. The van der Waals surface area contributed by atoms with Crippen LogP contribution in [0.3, 0.4) is 0 Å². The maximum Gasteiger partial charge on any atom is 0.139 e. The van der Waals surface area contributed by atoms with Gasteiger partial charge in [0, 0.05) is 13.0 Å². The van der Waals surface area contributed by atoms with Gasteiger partial charge < -0.3 is 16.3 Å². The highest BCUT2D eigenvalue weighted by atomic mass is 16.4. The Balaban J connectivity index is 2.08. The van der Waals surface area contributed by atoms with E-state index in [2.05, 4.69) is 24.3 Å². The predicted octanol–water partition coefficient (Wildman–Crippen LogP) is 1.93. The number of nitrogens with two attached hydrogens (primary N) is 1. The van der Waals surface area contributed by atoms with Crippen LogP contribution in [0.1, 0.15) is 46.0 Å². The average Bonchev–Trinajstić information content (AvgIpc) is 2.97. The molecule has 94 valence electrons. The fourth-order valence-corrected chi connectivity index (χ4v) is 2.00. The molecule has 0 atom stereocenters. The lowest BCUT2D eigenvalue weighted by Crippen LogP contribution is -2.29. The van der Waals surface area contributed by atoms with Crippen molar-refractivity contribution in [1.29, 1.82) is 0 Å². The second-order valence-corrected chi connectivity index (χ2v) is 5.48. The molecule has 4 heteroatoms. The summed E-state index contributed by atoms with van der Waals surface area (Å²) in [5, 5.41) is 15.1. The van der Waals surface area contributed by atoms with E-state index in [0.29, 0.717) is 5.84 Å². The van der Waals surface area contributed by atoms with Crippen LogP contribution in [0, 0.1) is 11.3 Å². The van der Waals surface area contributed by atoms with E-state index < -0.39 is 0 Å². The van der Waals surface area contributed by atoms with Crippen molar-refractivity contribution in [1.82, 2.24) is 5.32 Å². The number of oxime groups is 1. The molecule has 0 aliphatic heterocycles. The Morgan fingerprint density at radius 2 is 2.19 bits per heavy atom. The van der Waals surface area contributed by atoms with Gasteiger partial charge in [0.05, 0.1) is 0 Å². The molecule has 0 aromatic carbocycles. The van der Waals surface area contributed by atoms with Crippen molar-refractivity contribution in [2.24, 2.45) is 22.2 Å². The van der Waals surface area contributed by atoms with Crippen LogP contribution >= 0.6 is 0 Å². The number of amidine groups is 1. The molecule has 1 fully saturated rings. The summed E-state index contributed by atoms with van der Waals surface area (Å²) < 4.78 is 0. The average molecular weight is 227 g/mol. The zero-order chi connectivity index (χ0) is 12.0. The standard InChI is InChI=1S/C12H25N3O/c1-10(2)4-3-7-14-9-12(5-6-12)8-11(13)15-16/h10,14,16H,3-9H2,1-2H3,(H2,13,15). The summed E-state index contributed by atoms with van der Waals surface area (Å²) in [4.78, 5) is 0. The van der Waals surface area contributed by atoms with Gasteiger partial charge in [0.1, 0.15) is 5.84 Å². The van der Waals surface area contributed by atoms with Crippen LogP contribution in [0.15, 0.2) is 5.16 Å². The van der Waals surface area contributed by atoms with Crippen molar-refractivity contribution in [3.63, 3.8) is 0 Å². The zero-order valence-corrected chi connectivity index (χ0v) is 10.5. The fourth-order valence-electron chi connectivity index (χ4n) is 2.00. The van der Waals surface area contributed by atoms with E-state index in [1.54, 1.807) is 0 Å². The molecule has 1 rings (SSSR count). The molecule has 0 aromatic heterocycles. The van der Waals surface area contributed by atoms with Crippen LogP contribution in [0.5, 0.6) is 0 Å². The maximum atomic E-state index is 8.54. The van der Waals surface area contributed by atoms with Crippen LogP contribution in [-0.4, -0.2) is 24.1 Å². The monoisotopic (exact) mass is 227 g/mol. The SMILES string of the molecule is CC(C)CCCNCC1(CC(N)=NO)CC1. The van der Waals surface area contributed by atoms with Crippen molar-refractivity contribution >= 4 is 5.84 Å². The lowest BCUT2D eigenvalue weighted by Gasteiger charge is -2.15. The number of hydrogen-bond acceptors (Lipinski definition) is 3. The van der Waals surface area contributed by atoms with Gasteiger partial charge >= 0.3 is 0 Å². The van der Waals surface area contributed by atoms with Crippen LogP contribution < -0.4 is 11.1 Å². The second kappa shape index (κ2) is 6.09. The Labute approximate surface area is 98.3 Å². The quantitative estimate of drug-likeness (QED) is 0.195. The Kier molecular flexibility index (Phi) is 5.06. The molecule has 1 aliphatic rings. The molecule has 0 aromatic rings. The molecule has 0 unspecified atom stereocenters. The summed E-state index contributed by atoms with van der Waals surface area (Å²) >= 11 is 0. The third kappa shape index (κ3) is 4.84. The molecule has 0 bridgehead atoms. The minimum absolute atomic E-state index is 0.286. The van der Waals surface area contributed by atoms with Crippen molar-refractivity contribution in [3.05, 3.63) is 0 Å². The highest BCUT2D eigenvalue weighted by molar-refractivity contribution is 5.80. The third-order valence-corrected chi connectivity index (χ3v) is 3.28. The first-order valence-electron chi connectivity index (χ1n) is 6.25. The molecular formula is C12H25N3O. The van der Waals surface area contributed by atoms with Gasteiger partial charge in [0.25, 0.3) is 0 Å². The van der Waals surface area contributed by atoms with Gasteiger partial charge in [-0.1, -0.05) is 19.0 Å². The van der Waals surface area contributed by atoms with E-state index >= 15 is 0 Å². The maximum absolute atomic E-state index is 8.54. The Hall–Kier alpha value is -0.770. The van der Waals surface area contributed by atoms with Crippen molar-refractivity contribution < 1.29 is 5.21 Å². The normalized spacial score (nSPS) is 19.1. The topological polar surface area (TPSA) is 70.6 Å². The molecule has 0 saturated heterocycles. The molecule has 0 amide bonds. The van der Waals surface area contributed by atoms with Crippen LogP contribution in [-0.2, 0) is 0 Å². The van der Waals surface area contributed by atoms with E-state index in [9.17, 15) is 0 Å². The summed E-state index contributed by atoms with van der Waals surface area (Å²) in [7, 11) is 0. The highest BCUT2D eigenvalue weighted by Crippen LogP contribution is 2.48. The Bertz CT molecular complexity index is 234. The fraction of sp³-hybridized carbons (Fsp3) is 0.917. The molecule has 1 aliphatic carbocycles. The first-order valence-corrected chi connectivity index (χ1v) is 6.25. The highest BCUT2D eigenvalue weighted by Gasteiger charge is 2.42. The molecule has 0 heterocycles. The molecule has 16 heavy (non-hydrogen) atoms. The molecule has 4 N–H and O–H groups in total. The van der Waals surface area contributed by atoms with E-state index in [1.165, 1.54) is 25.7 Å². The first-order chi connectivity index (χ1) is 7.58. The molecular weight excluding hydrogens is 202 g/mol. The van der Waals surface area contributed by atoms with Gasteiger partial charge in [-0.3, -0.25) is 0 Å². The minimum atomic E-state index is 0.286. The van der Waals surface area contributed by atoms with Gasteiger partial charge in [0.2, 0.25) is 0 Å². The number of hydrogen-bond donors (Lipinski definition) is 3. The van der Waals surface area contributed by atoms with E-state index in [-0.39, 0.29) is 5.41 Å². The summed E-state index contributed by atoms with van der Waals surface area (Å²) in [5.41, 5.74) is 5.83. The Morgan fingerprint density at radius 1 is 1.50 bits per heavy atom. The number of nitrogens with one attached hydrogen (secondary N) is 1. The first kappa shape index (κ1) is 13.3. The lowest BCUT2D eigenvalue weighted by atomic mass is 10.0. The molecule has 0 radical (unpaired) electrons. The van der Waals surface area contributed by atoms with E-state index in [1.807, 2.05) is 0 Å². The molecule has 1 saturated carbocycles. The summed E-state index contributed by atoms with van der Waals surface area (Å²) in [6.07, 6.45) is 5.62. The van der Waals surface area contributed by atoms with Gasteiger partial charge in [-0.05, 0) is 43.6 Å². The number of nitrogens with zero attached hydrogens (tertiary/aromatic N) is 1. The molecule has 0 spiro atoms. The van der Waals surface area contributed by atoms with Crippen LogP contribution in [0.4, 0.5) is 0 Å². The van der Waals surface area contributed by atoms with Crippen molar-refractivity contribution in [2.45, 2.75) is 46.0 Å². The largest absolute Gasteiger partial charge is 0.409 e.